The Labute approximate surface area is 91.4 Å². The minimum atomic E-state index is -0.288. The summed E-state index contributed by atoms with van der Waals surface area (Å²) in [7, 11) is 0. The average molecular weight is 220 g/mol. The lowest BCUT2D eigenvalue weighted by molar-refractivity contribution is 0.102. The Bertz CT molecular complexity index is 526. The van der Waals surface area contributed by atoms with E-state index in [1.165, 1.54) is 6.20 Å². The summed E-state index contributed by atoms with van der Waals surface area (Å²) < 4.78 is 0. The Kier molecular flexibility index (Phi) is 2.35. The van der Waals surface area contributed by atoms with Crippen LogP contribution >= 0.6 is 0 Å². The Morgan fingerprint density at radius 2 is 2.12 bits per heavy atom. The summed E-state index contributed by atoms with van der Waals surface area (Å²) in [4.78, 5) is 11.8. The van der Waals surface area contributed by atoms with Crippen molar-refractivity contribution in [2.45, 2.75) is 13.8 Å². The van der Waals surface area contributed by atoms with Crippen LogP contribution in [0.2, 0.25) is 0 Å². The summed E-state index contributed by atoms with van der Waals surface area (Å²) >= 11 is 0. The van der Waals surface area contributed by atoms with Crippen LogP contribution in [-0.2, 0) is 0 Å². The summed E-state index contributed by atoms with van der Waals surface area (Å²) in [5, 5.41) is 15.6. The molecule has 2 rings (SSSR count). The van der Waals surface area contributed by atoms with E-state index in [9.17, 15) is 4.79 Å². The largest absolute Gasteiger partial charge is 0.394 e. The first-order valence-corrected chi connectivity index (χ1v) is 4.71. The number of hydrogen-bond donors (Lipinski definition) is 4. The molecule has 0 unspecified atom stereocenters. The van der Waals surface area contributed by atoms with Crippen LogP contribution in [0.3, 0.4) is 0 Å². The molecule has 0 spiro atoms. The minimum absolute atomic E-state index is 0.288. The highest BCUT2D eigenvalue weighted by Crippen LogP contribution is 2.18. The molecule has 7 nitrogen and oxygen atoms in total. The Balaban J connectivity index is 2.20. The van der Waals surface area contributed by atoms with Gasteiger partial charge < -0.3 is 11.1 Å². The third kappa shape index (κ3) is 1.62. The monoisotopic (exact) mass is 220 g/mol. The van der Waals surface area contributed by atoms with E-state index in [4.69, 9.17) is 5.73 Å². The number of aromatic amines is 2. The number of carbonyl (C=O) groups is 1. The number of nitrogens with one attached hydrogen (secondary N) is 3. The third-order valence-electron chi connectivity index (χ3n) is 2.30. The number of aryl methyl sites for hydroxylation is 2. The van der Waals surface area contributed by atoms with E-state index in [1.54, 1.807) is 13.8 Å². The van der Waals surface area contributed by atoms with Crippen molar-refractivity contribution < 1.29 is 4.79 Å². The highest BCUT2D eigenvalue weighted by Gasteiger charge is 2.14. The van der Waals surface area contributed by atoms with Crippen molar-refractivity contribution in [2.75, 3.05) is 11.1 Å². The third-order valence-corrected chi connectivity index (χ3v) is 2.30. The molecule has 0 atom stereocenters. The molecular weight excluding hydrogens is 208 g/mol. The predicted octanol–water partition coefficient (Wildman–Crippen LogP) is 0.584. The lowest BCUT2D eigenvalue weighted by atomic mass is 10.2. The molecule has 2 aromatic heterocycles. The maximum atomic E-state index is 11.8. The molecule has 1 amide bonds. The van der Waals surface area contributed by atoms with Gasteiger partial charge in [0.15, 0.2) is 5.82 Å². The first-order chi connectivity index (χ1) is 7.59. The number of hydrogen-bond acceptors (Lipinski definition) is 4. The number of nitrogens with two attached hydrogens (primary N) is 1. The molecule has 0 saturated heterocycles. The number of nitrogens with zero attached hydrogens (tertiary/aromatic N) is 2. The molecule has 2 heterocycles. The second-order valence-corrected chi connectivity index (χ2v) is 3.47. The first-order valence-electron chi connectivity index (χ1n) is 4.71. The summed E-state index contributed by atoms with van der Waals surface area (Å²) in [6, 6.07) is 0. The van der Waals surface area contributed by atoms with E-state index in [2.05, 4.69) is 25.7 Å². The standard InChI is InChI=1S/C9H12N6O/c1-4-6(3-11-13-4)9(16)12-8-7(10)5(2)14-15-8/h3H,10H2,1-2H3,(H,11,13)(H2,12,14,15,16). The number of amides is 1. The molecule has 0 bridgehead atoms. The minimum Gasteiger partial charge on any atom is -0.394 e. The zero-order valence-electron chi connectivity index (χ0n) is 8.96. The van der Waals surface area contributed by atoms with Crippen LogP contribution in [0, 0.1) is 13.8 Å². The van der Waals surface area contributed by atoms with E-state index < -0.39 is 0 Å². The van der Waals surface area contributed by atoms with Gasteiger partial charge in [-0.25, -0.2) is 0 Å². The zero-order valence-corrected chi connectivity index (χ0v) is 8.96. The normalized spacial score (nSPS) is 10.4. The molecule has 84 valence electrons. The second kappa shape index (κ2) is 3.69. The van der Waals surface area contributed by atoms with Crippen LogP contribution in [0.4, 0.5) is 11.5 Å². The summed E-state index contributed by atoms with van der Waals surface area (Å²) in [6.07, 6.45) is 1.46. The van der Waals surface area contributed by atoms with E-state index in [0.29, 0.717) is 22.8 Å². The highest BCUT2D eigenvalue weighted by molar-refractivity contribution is 6.05. The maximum Gasteiger partial charge on any atom is 0.260 e. The first kappa shape index (κ1) is 10.2. The summed E-state index contributed by atoms with van der Waals surface area (Å²) in [5.41, 5.74) is 8.04. The second-order valence-electron chi connectivity index (χ2n) is 3.47. The fourth-order valence-electron chi connectivity index (χ4n) is 1.29. The smallest absolute Gasteiger partial charge is 0.260 e. The molecular formula is C9H12N6O. The number of nitrogen functional groups attached to an aromatic ring is 1. The van der Waals surface area contributed by atoms with Crippen LogP contribution in [-0.4, -0.2) is 26.3 Å². The SMILES string of the molecule is Cc1[nH]ncc1C(=O)Nc1n[nH]c(C)c1N. The molecule has 0 saturated carbocycles. The Morgan fingerprint density at radius 3 is 2.62 bits per heavy atom. The lowest BCUT2D eigenvalue weighted by Gasteiger charge is -2.01. The van der Waals surface area contributed by atoms with Gasteiger partial charge in [-0.3, -0.25) is 15.0 Å². The average Bonchev–Trinajstić information content (AvgIpc) is 2.79. The van der Waals surface area contributed by atoms with Gasteiger partial charge in [0.05, 0.1) is 23.1 Å². The Hall–Kier alpha value is -2.31. The van der Waals surface area contributed by atoms with Crippen molar-refractivity contribution in [1.82, 2.24) is 20.4 Å². The Morgan fingerprint density at radius 1 is 1.38 bits per heavy atom. The van der Waals surface area contributed by atoms with Gasteiger partial charge in [-0.2, -0.15) is 10.2 Å². The number of anilines is 2. The van der Waals surface area contributed by atoms with Crippen LogP contribution in [0.15, 0.2) is 6.20 Å². The van der Waals surface area contributed by atoms with Gasteiger partial charge in [0.25, 0.3) is 5.91 Å². The van der Waals surface area contributed by atoms with Crippen molar-refractivity contribution in [3.05, 3.63) is 23.1 Å². The fraction of sp³-hybridized carbons (Fsp3) is 0.222. The molecule has 7 heteroatoms. The molecule has 0 radical (unpaired) electrons. The quantitative estimate of drug-likeness (QED) is 0.593. The number of rotatable bonds is 2. The van der Waals surface area contributed by atoms with Crippen molar-refractivity contribution in [3.63, 3.8) is 0 Å². The van der Waals surface area contributed by atoms with E-state index in [1.807, 2.05) is 0 Å². The van der Waals surface area contributed by atoms with Crippen LogP contribution < -0.4 is 11.1 Å². The van der Waals surface area contributed by atoms with Crippen molar-refractivity contribution in [3.8, 4) is 0 Å². The van der Waals surface area contributed by atoms with Gasteiger partial charge in [0.1, 0.15) is 0 Å². The molecule has 2 aromatic rings. The molecule has 16 heavy (non-hydrogen) atoms. The number of aromatic nitrogens is 4. The predicted molar refractivity (Wildman–Crippen MR) is 59.0 cm³/mol. The fourth-order valence-corrected chi connectivity index (χ4v) is 1.29. The van der Waals surface area contributed by atoms with Crippen LogP contribution in [0.25, 0.3) is 0 Å². The topological polar surface area (TPSA) is 112 Å². The number of H-pyrrole nitrogens is 2. The van der Waals surface area contributed by atoms with Gasteiger partial charge >= 0.3 is 0 Å². The summed E-state index contributed by atoms with van der Waals surface area (Å²) in [5.74, 6) is 0.0487. The van der Waals surface area contributed by atoms with Crippen LogP contribution in [0.1, 0.15) is 21.7 Å². The van der Waals surface area contributed by atoms with E-state index in [0.717, 1.165) is 5.69 Å². The van der Waals surface area contributed by atoms with Gasteiger partial charge in [-0.15, -0.1) is 0 Å². The van der Waals surface area contributed by atoms with Crippen molar-refractivity contribution >= 4 is 17.4 Å². The molecule has 0 fully saturated rings. The number of carbonyl (C=O) groups excluding carboxylic acids is 1. The van der Waals surface area contributed by atoms with Gasteiger partial charge in [-0.05, 0) is 13.8 Å². The van der Waals surface area contributed by atoms with Gasteiger partial charge in [0.2, 0.25) is 0 Å². The van der Waals surface area contributed by atoms with Gasteiger partial charge in [0, 0.05) is 5.69 Å². The van der Waals surface area contributed by atoms with Crippen LogP contribution in [0.5, 0.6) is 0 Å². The molecule has 0 aliphatic carbocycles. The molecule has 5 N–H and O–H groups in total. The highest BCUT2D eigenvalue weighted by atomic mass is 16.1. The van der Waals surface area contributed by atoms with Gasteiger partial charge in [-0.1, -0.05) is 0 Å². The lowest BCUT2D eigenvalue weighted by Crippen LogP contribution is -2.13. The molecule has 0 aromatic carbocycles. The molecule has 0 aliphatic heterocycles. The zero-order chi connectivity index (χ0) is 11.7. The van der Waals surface area contributed by atoms with E-state index in [-0.39, 0.29) is 5.91 Å². The van der Waals surface area contributed by atoms with Crippen molar-refractivity contribution in [2.24, 2.45) is 0 Å². The maximum absolute atomic E-state index is 11.8. The molecule has 0 aliphatic rings. The van der Waals surface area contributed by atoms with Crippen molar-refractivity contribution in [1.29, 1.82) is 0 Å². The van der Waals surface area contributed by atoms with E-state index >= 15 is 0 Å². The summed E-state index contributed by atoms with van der Waals surface area (Å²) in [6.45, 7) is 3.54.